The zero-order valence-electron chi connectivity index (χ0n) is 4.83. The fraction of sp³-hybridized carbons (Fsp3) is 0. The van der Waals surface area contributed by atoms with Crippen LogP contribution < -0.4 is 19.6 Å². The van der Waals surface area contributed by atoms with Crippen LogP contribution in [0, 0.1) is 0 Å². The van der Waals surface area contributed by atoms with Crippen LogP contribution in [-0.2, 0) is 13.4 Å². The molecule has 11 heavy (non-hydrogen) atoms. The zero-order chi connectivity index (χ0) is 7.71. The van der Waals surface area contributed by atoms with E-state index in [2.05, 4.69) is 4.31 Å². The summed E-state index contributed by atoms with van der Waals surface area (Å²) in [5.41, 5.74) is 0. The second kappa shape index (κ2) is 6.39. The Labute approximate surface area is 97.8 Å². The summed E-state index contributed by atoms with van der Waals surface area (Å²) >= 11 is 0. The van der Waals surface area contributed by atoms with Crippen molar-refractivity contribution in [2.45, 2.75) is 0 Å². The first-order chi connectivity index (χ1) is 3.71. The quantitative estimate of drug-likeness (QED) is 0.335. The van der Waals surface area contributed by atoms with Crippen molar-refractivity contribution in [2.75, 3.05) is 0 Å². The van der Waals surface area contributed by atoms with Gasteiger partial charge in [0.05, 0.1) is 15.6 Å². The van der Waals surface area contributed by atoms with Gasteiger partial charge in [0.2, 0.25) is 0 Å². The SMILES string of the molecule is O=P([O-])([O-])OP(=O)([O-])[O-].[In+3].[Sn+4]. The molecule has 0 amide bonds. The van der Waals surface area contributed by atoms with Crippen molar-refractivity contribution in [1.82, 2.24) is 0 Å². The van der Waals surface area contributed by atoms with E-state index in [1.54, 1.807) is 0 Å². The molecule has 0 heterocycles. The summed E-state index contributed by atoms with van der Waals surface area (Å²) in [7, 11) is -11.4. The maximum absolute atomic E-state index is 9.32. The van der Waals surface area contributed by atoms with E-state index in [1.165, 1.54) is 0 Å². The molecule has 0 aliphatic heterocycles. The van der Waals surface area contributed by atoms with Gasteiger partial charge in [-0.05, 0) is 0 Å². The summed E-state index contributed by atoms with van der Waals surface area (Å²) in [5.74, 6) is 0. The van der Waals surface area contributed by atoms with Crippen molar-refractivity contribution in [1.29, 1.82) is 0 Å². The van der Waals surface area contributed by atoms with Gasteiger partial charge in [-0.3, -0.25) is 0 Å². The van der Waals surface area contributed by atoms with E-state index in [9.17, 15) is 28.7 Å². The van der Waals surface area contributed by atoms with Crippen molar-refractivity contribution in [2.24, 2.45) is 0 Å². The summed E-state index contributed by atoms with van der Waals surface area (Å²) in [4.78, 5) is 37.3. The van der Waals surface area contributed by atoms with E-state index < -0.39 is 15.6 Å². The molecule has 7 nitrogen and oxygen atoms in total. The Morgan fingerprint density at radius 2 is 1.09 bits per heavy atom. The molecule has 0 saturated carbocycles. The predicted octanol–water partition coefficient (Wildman–Crippen LogP) is -4.10. The smallest absolute Gasteiger partial charge is 0.790 e. The molecule has 0 aliphatic rings. The van der Waals surface area contributed by atoms with E-state index in [0.29, 0.717) is 0 Å². The summed E-state index contributed by atoms with van der Waals surface area (Å²) in [6.45, 7) is 0. The molecule has 0 radical (unpaired) electrons. The number of phosphoric acid groups is 2. The monoisotopic (exact) mass is 409 g/mol. The van der Waals surface area contributed by atoms with Crippen LogP contribution in [-0.4, -0.2) is 49.8 Å². The first-order valence-corrected chi connectivity index (χ1v) is 4.38. The number of hydrogen-bond donors (Lipinski definition) is 0. The van der Waals surface area contributed by atoms with E-state index in [-0.39, 0.29) is 49.8 Å². The molecule has 0 spiro atoms. The Bertz CT molecular complexity index is 157. The van der Waals surface area contributed by atoms with E-state index in [4.69, 9.17) is 0 Å². The fourth-order valence-electron chi connectivity index (χ4n) is 0.122. The van der Waals surface area contributed by atoms with Gasteiger partial charge in [0.15, 0.2) is 0 Å². The Kier molecular flexibility index (Phi) is 10.8. The number of hydrogen-bond acceptors (Lipinski definition) is 7. The second-order valence-corrected chi connectivity index (χ2v) is 3.42. The summed E-state index contributed by atoms with van der Waals surface area (Å²) in [5, 5.41) is 0. The molecule has 0 bridgehead atoms. The molecular formula is InO7P2Sn+3. The van der Waals surface area contributed by atoms with Gasteiger partial charge < -0.3 is 33.0 Å². The summed E-state index contributed by atoms with van der Waals surface area (Å²) in [6, 6.07) is 0. The molecule has 0 atom stereocenters. The molecule has 0 aromatic rings. The molecule has 0 fully saturated rings. The van der Waals surface area contributed by atoms with Gasteiger partial charge in [-0.15, -0.1) is 0 Å². The van der Waals surface area contributed by atoms with Crippen LogP contribution in [0.25, 0.3) is 0 Å². The van der Waals surface area contributed by atoms with Gasteiger partial charge in [0, 0.05) is 0 Å². The maximum atomic E-state index is 9.32. The van der Waals surface area contributed by atoms with Crippen LogP contribution >= 0.6 is 15.6 Å². The van der Waals surface area contributed by atoms with Gasteiger partial charge in [0.1, 0.15) is 0 Å². The molecule has 56 valence electrons. The Hall–Kier alpha value is 1.93. The molecule has 11 heteroatoms. The fourth-order valence-corrected chi connectivity index (χ4v) is 1.10. The van der Waals surface area contributed by atoms with E-state index in [1.807, 2.05) is 0 Å². The molecule has 0 aromatic heterocycles. The third kappa shape index (κ3) is 18.7. The minimum atomic E-state index is -5.68. The van der Waals surface area contributed by atoms with Crippen LogP contribution in [0.3, 0.4) is 0 Å². The van der Waals surface area contributed by atoms with Crippen LogP contribution in [0.1, 0.15) is 0 Å². The molecule has 0 rings (SSSR count). The van der Waals surface area contributed by atoms with Gasteiger partial charge in [0.25, 0.3) is 0 Å². The van der Waals surface area contributed by atoms with Gasteiger partial charge >= 0.3 is 49.8 Å². The van der Waals surface area contributed by atoms with Crippen molar-refractivity contribution in [3.63, 3.8) is 0 Å². The molecule has 0 aromatic carbocycles. The molecule has 0 saturated heterocycles. The van der Waals surface area contributed by atoms with Crippen LogP contribution in [0.4, 0.5) is 0 Å². The molecular weight excluding hydrogens is 407 g/mol. The van der Waals surface area contributed by atoms with Gasteiger partial charge in [-0.25, -0.2) is 0 Å². The van der Waals surface area contributed by atoms with Crippen molar-refractivity contribution >= 4 is 65.4 Å². The van der Waals surface area contributed by atoms with Crippen molar-refractivity contribution in [3.05, 3.63) is 0 Å². The van der Waals surface area contributed by atoms with Crippen molar-refractivity contribution in [3.8, 4) is 0 Å². The van der Waals surface area contributed by atoms with Crippen LogP contribution in [0.5, 0.6) is 0 Å². The zero-order valence-corrected chi connectivity index (χ0v) is 12.8. The maximum Gasteiger partial charge on any atom is 4.00 e. The molecule has 0 aliphatic carbocycles. The van der Waals surface area contributed by atoms with Gasteiger partial charge in [-0.1, -0.05) is 0 Å². The molecule has 0 N–H and O–H groups in total. The third-order valence-electron chi connectivity index (χ3n) is 0.200. The van der Waals surface area contributed by atoms with Gasteiger partial charge in [-0.2, -0.15) is 0 Å². The van der Waals surface area contributed by atoms with E-state index in [0.717, 1.165) is 0 Å². The largest absolute Gasteiger partial charge is 4.00 e. The van der Waals surface area contributed by atoms with Crippen molar-refractivity contribution < 1.29 is 33.0 Å². The topological polar surface area (TPSA) is 136 Å². The predicted molar refractivity (Wildman–Crippen MR) is 27.8 cm³/mol. The summed E-state index contributed by atoms with van der Waals surface area (Å²) < 4.78 is 21.2. The average Bonchev–Trinajstić information content (AvgIpc) is 1.14. The van der Waals surface area contributed by atoms with Crippen LogP contribution in [0.15, 0.2) is 0 Å². The minimum Gasteiger partial charge on any atom is -0.790 e. The second-order valence-electron chi connectivity index (χ2n) is 0.976. The molecule has 0 unspecified atom stereocenters. The Morgan fingerprint density at radius 3 is 1.09 bits per heavy atom. The Morgan fingerprint density at radius 1 is 0.909 bits per heavy atom. The summed E-state index contributed by atoms with van der Waals surface area (Å²) in [6.07, 6.45) is 0. The number of rotatable bonds is 2. The average molecular weight is 407 g/mol. The first-order valence-electron chi connectivity index (χ1n) is 1.46. The minimum absolute atomic E-state index is 0. The first kappa shape index (κ1) is 18.7. The standard InChI is InChI=1S/In.H4O7P2.Sn/c;1-8(2,3)7-9(4,5)6;/h;(H2,1,2,3)(H2,4,5,6);/q+3;;+4/p-4. The van der Waals surface area contributed by atoms with E-state index >= 15 is 0 Å². The normalized spacial score (nSPS) is 11.3. The Balaban J connectivity index is -0.000000320. The third-order valence-corrected chi connectivity index (χ3v) is 1.80. The van der Waals surface area contributed by atoms with Crippen LogP contribution in [0.2, 0.25) is 0 Å².